The Morgan fingerprint density at radius 2 is 1.15 bits per heavy atom. The first-order valence-electron chi connectivity index (χ1n) is 4.53. The van der Waals surface area contributed by atoms with Gasteiger partial charge in [-0.1, -0.05) is 39.5 Å². The third-order valence-corrected chi connectivity index (χ3v) is 1.26. The van der Waals surface area contributed by atoms with Crippen molar-refractivity contribution in [3.05, 3.63) is 0 Å². The fourth-order valence-corrected chi connectivity index (χ4v) is 0.498. The zero-order valence-electron chi connectivity index (χ0n) is 8.51. The van der Waals surface area contributed by atoms with Crippen LogP contribution in [0.4, 0.5) is 0 Å². The molecule has 0 atom stereocenters. The van der Waals surface area contributed by atoms with Crippen LogP contribution in [0.1, 0.15) is 52.4 Å². The minimum atomic E-state index is 0. The first kappa shape index (κ1) is 18.7. The van der Waals surface area contributed by atoms with E-state index in [2.05, 4.69) is 13.8 Å². The molecule has 1 radical (unpaired) electrons. The predicted molar refractivity (Wildman–Crippen MR) is 50.4 cm³/mol. The fourth-order valence-electron chi connectivity index (χ4n) is 0.498. The summed E-state index contributed by atoms with van der Waals surface area (Å²) in [7, 11) is 0. The first-order chi connectivity index (χ1) is 5.83. The maximum atomic E-state index is 9.44. The van der Waals surface area contributed by atoms with E-state index < -0.39 is 0 Å². The number of hydrogen-bond acceptors (Lipinski definition) is 2. The molecule has 0 N–H and O–H groups in total. The van der Waals surface area contributed by atoms with E-state index in [0.29, 0.717) is 12.8 Å². The third-order valence-electron chi connectivity index (χ3n) is 1.26. The topological polar surface area (TPSA) is 34.1 Å². The van der Waals surface area contributed by atoms with E-state index in [1.54, 1.807) is 0 Å². The molecular weight excluding hydrogens is 203 g/mol. The molecule has 3 heteroatoms. The minimum Gasteiger partial charge on any atom is -0.542 e. The second-order valence-electron chi connectivity index (χ2n) is 2.50. The van der Waals surface area contributed by atoms with Crippen molar-refractivity contribution < 1.29 is 28.1 Å². The first-order valence-corrected chi connectivity index (χ1v) is 4.53. The van der Waals surface area contributed by atoms with Crippen molar-refractivity contribution in [1.29, 1.82) is 0 Å². The summed E-state index contributed by atoms with van der Waals surface area (Å²) in [5, 5.41) is 0. The fraction of sp³-hybridized carbons (Fsp3) is 0.800. The summed E-state index contributed by atoms with van der Waals surface area (Å²) >= 11 is 0. The Hall–Kier alpha value is -0.0756. The molecule has 0 saturated heterocycles. The normalized spacial score (nSPS) is 7.54. The number of hydrogen-bond donors (Lipinski definition) is 0. The SMILES string of the molecule is CCCC[C-]=O.CCCC[C-]=O.[V+2]. The number of carbonyl (C=O) groups excluding carboxylic acids is 2. The standard InChI is InChI=1S/2C5H9O.V/c2*1-2-3-4-5-6;/h2*2-4H2,1H3;/q2*-1;+2. The molecule has 2 nitrogen and oxygen atoms in total. The largest absolute Gasteiger partial charge is 2.00 e. The number of unbranched alkanes of at least 4 members (excludes halogenated alkanes) is 4. The molecule has 0 aromatic carbocycles. The van der Waals surface area contributed by atoms with Crippen LogP contribution in [-0.2, 0) is 28.1 Å². The van der Waals surface area contributed by atoms with Crippen LogP contribution in [0.3, 0.4) is 0 Å². The molecular formula is C10H18O2V. The van der Waals surface area contributed by atoms with Crippen molar-refractivity contribution in [3.8, 4) is 0 Å². The summed E-state index contributed by atoms with van der Waals surface area (Å²) in [6.07, 6.45) is 9.02. The van der Waals surface area contributed by atoms with Crippen LogP contribution in [-0.4, -0.2) is 12.6 Å². The second kappa shape index (κ2) is 22.7. The second-order valence-corrected chi connectivity index (χ2v) is 2.50. The van der Waals surface area contributed by atoms with Gasteiger partial charge in [0.05, 0.1) is 0 Å². The Balaban J connectivity index is -0.000000143. The van der Waals surface area contributed by atoms with E-state index >= 15 is 0 Å². The zero-order chi connectivity index (χ0) is 9.66. The van der Waals surface area contributed by atoms with Crippen LogP contribution in [0.25, 0.3) is 0 Å². The van der Waals surface area contributed by atoms with E-state index in [0.717, 1.165) is 25.7 Å². The van der Waals surface area contributed by atoms with Gasteiger partial charge < -0.3 is 9.59 Å². The minimum absolute atomic E-state index is 0. The van der Waals surface area contributed by atoms with Crippen LogP contribution >= 0.6 is 0 Å². The Morgan fingerprint density at radius 1 is 0.846 bits per heavy atom. The van der Waals surface area contributed by atoms with Crippen LogP contribution < -0.4 is 0 Å². The van der Waals surface area contributed by atoms with Gasteiger partial charge in [-0.05, 0) is 0 Å². The maximum Gasteiger partial charge on any atom is 2.00 e. The summed E-state index contributed by atoms with van der Waals surface area (Å²) in [6, 6.07) is 0. The Labute approximate surface area is 93.4 Å². The van der Waals surface area contributed by atoms with Gasteiger partial charge in [0.2, 0.25) is 0 Å². The van der Waals surface area contributed by atoms with Crippen molar-refractivity contribution in [2.24, 2.45) is 0 Å². The smallest absolute Gasteiger partial charge is 0.542 e. The predicted octanol–water partition coefficient (Wildman–Crippen LogP) is 2.57. The van der Waals surface area contributed by atoms with E-state index in [4.69, 9.17) is 0 Å². The van der Waals surface area contributed by atoms with Crippen molar-refractivity contribution in [2.45, 2.75) is 52.4 Å². The molecule has 13 heavy (non-hydrogen) atoms. The molecule has 0 unspecified atom stereocenters. The number of rotatable bonds is 6. The Kier molecular flexibility index (Phi) is 32.5. The molecule has 0 spiro atoms. The monoisotopic (exact) mass is 221 g/mol. The Bertz CT molecular complexity index is 82.9. The van der Waals surface area contributed by atoms with Crippen LogP contribution in [0, 0.1) is 0 Å². The molecule has 0 aromatic heterocycles. The van der Waals surface area contributed by atoms with Gasteiger partial charge in [-0.15, -0.1) is 0 Å². The average Bonchev–Trinajstić information content (AvgIpc) is 2.12. The van der Waals surface area contributed by atoms with Gasteiger partial charge in [0.25, 0.3) is 0 Å². The average molecular weight is 221 g/mol. The molecule has 0 fully saturated rings. The van der Waals surface area contributed by atoms with Crippen molar-refractivity contribution >= 4 is 12.6 Å². The summed E-state index contributed by atoms with van der Waals surface area (Å²) in [4.78, 5) is 18.9. The van der Waals surface area contributed by atoms with Gasteiger partial charge in [-0.2, -0.15) is 12.8 Å². The van der Waals surface area contributed by atoms with Crippen LogP contribution in [0.2, 0.25) is 0 Å². The van der Waals surface area contributed by atoms with E-state index in [9.17, 15) is 9.59 Å². The van der Waals surface area contributed by atoms with E-state index in [-0.39, 0.29) is 18.6 Å². The van der Waals surface area contributed by atoms with Gasteiger partial charge in [0.15, 0.2) is 0 Å². The third kappa shape index (κ3) is 33.5. The van der Waals surface area contributed by atoms with Crippen LogP contribution in [0.5, 0.6) is 0 Å². The van der Waals surface area contributed by atoms with Crippen LogP contribution in [0.15, 0.2) is 0 Å². The van der Waals surface area contributed by atoms with Gasteiger partial charge in [-0.25, -0.2) is 0 Å². The van der Waals surface area contributed by atoms with Gasteiger partial charge in [-0.3, -0.25) is 12.6 Å². The molecule has 0 saturated carbocycles. The molecule has 0 aromatic rings. The van der Waals surface area contributed by atoms with Crippen molar-refractivity contribution in [3.63, 3.8) is 0 Å². The quantitative estimate of drug-likeness (QED) is 0.510. The maximum absolute atomic E-state index is 9.44. The molecule has 0 aliphatic carbocycles. The summed E-state index contributed by atoms with van der Waals surface area (Å²) in [6.45, 7) is 4.11. The molecule has 75 valence electrons. The van der Waals surface area contributed by atoms with E-state index in [1.807, 2.05) is 12.6 Å². The molecule has 0 amide bonds. The van der Waals surface area contributed by atoms with Crippen molar-refractivity contribution in [2.75, 3.05) is 0 Å². The molecule has 0 aliphatic heterocycles. The molecule has 0 rings (SSSR count). The van der Waals surface area contributed by atoms with Gasteiger partial charge in [0, 0.05) is 0 Å². The van der Waals surface area contributed by atoms with E-state index in [1.165, 1.54) is 0 Å². The van der Waals surface area contributed by atoms with Crippen molar-refractivity contribution in [1.82, 2.24) is 0 Å². The van der Waals surface area contributed by atoms with Gasteiger partial charge >= 0.3 is 18.6 Å². The summed E-state index contributed by atoms with van der Waals surface area (Å²) in [5.74, 6) is 0. The zero-order valence-corrected chi connectivity index (χ0v) is 9.90. The molecule has 0 bridgehead atoms. The molecule has 0 heterocycles. The van der Waals surface area contributed by atoms with Gasteiger partial charge in [0.1, 0.15) is 0 Å². The molecule has 0 aliphatic rings. The summed E-state index contributed by atoms with van der Waals surface area (Å²) < 4.78 is 0. The summed E-state index contributed by atoms with van der Waals surface area (Å²) in [5.41, 5.74) is 0. The Morgan fingerprint density at radius 3 is 1.23 bits per heavy atom.